The molecular formula is C23H21ClN2O4. The number of ether oxygens (including phenoxy) is 3. The topological polar surface area (TPSA) is 69.2 Å². The first-order chi connectivity index (χ1) is 14.6. The molecule has 0 spiro atoms. The molecule has 3 aromatic rings. The first-order valence-electron chi connectivity index (χ1n) is 9.12. The van der Waals surface area contributed by atoms with Crippen molar-refractivity contribution in [3.63, 3.8) is 0 Å². The van der Waals surface area contributed by atoms with Gasteiger partial charge >= 0.3 is 0 Å². The molecule has 6 nitrogen and oxygen atoms in total. The zero-order valence-electron chi connectivity index (χ0n) is 16.6. The van der Waals surface area contributed by atoms with Gasteiger partial charge in [-0.2, -0.15) is 5.10 Å². The largest absolute Gasteiger partial charge is 0.497 e. The second kappa shape index (κ2) is 10.3. The number of halogens is 1. The Morgan fingerprint density at radius 1 is 1.00 bits per heavy atom. The fourth-order valence-corrected chi connectivity index (χ4v) is 2.88. The average molecular weight is 425 g/mol. The Kier molecular flexibility index (Phi) is 7.29. The van der Waals surface area contributed by atoms with E-state index in [2.05, 4.69) is 10.5 Å². The summed E-state index contributed by atoms with van der Waals surface area (Å²) in [7, 11) is 3.11. The molecule has 1 amide bonds. The smallest absolute Gasteiger partial charge is 0.271 e. The number of rotatable bonds is 8. The first-order valence-corrected chi connectivity index (χ1v) is 9.49. The van der Waals surface area contributed by atoms with E-state index in [4.69, 9.17) is 25.8 Å². The van der Waals surface area contributed by atoms with E-state index < -0.39 is 0 Å². The van der Waals surface area contributed by atoms with Gasteiger partial charge in [-0.25, -0.2) is 5.43 Å². The number of amides is 1. The molecule has 0 bridgehead atoms. The van der Waals surface area contributed by atoms with Gasteiger partial charge in [-0.1, -0.05) is 29.8 Å². The van der Waals surface area contributed by atoms with Crippen LogP contribution in [0.15, 0.2) is 71.8 Å². The van der Waals surface area contributed by atoms with Crippen LogP contribution in [0, 0.1) is 0 Å². The molecule has 3 aromatic carbocycles. The maximum atomic E-state index is 12.2. The molecule has 0 saturated carbocycles. The van der Waals surface area contributed by atoms with Crippen LogP contribution in [0.4, 0.5) is 0 Å². The molecule has 7 heteroatoms. The lowest BCUT2D eigenvalue weighted by molar-refractivity contribution is 0.0955. The number of nitrogens with zero attached hydrogens (tertiary/aromatic N) is 1. The molecule has 0 aliphatic rings. The van der Waals surface area contributed by atoms with E-state index >= 15 is 0 Å². The molecule has 0 saturated heterocycles. The van der Waals surface area contributed by atoms with Crippen molar-refractivity contribution in [2.45, 2.75) is 6.61 Å². The lowest BCUT2D eigenvalue weighted by atomic mass is 10.2. The Balaban J connectivity index is 1.63. The predicted molar refractivity (Wildman–Crippen MR) is 117 cm³/mol. The van der Waals surface area contributed by atoms with Crippen LogP contribution in [0.25, 0.3) is 0 Å². The van der Waals surface area contributed by atoms with Gasteiger partial charge in [0.15, 0.2) is 11.5 Å². The molecule has 0 heterocycles. The van der Waals surface area contributed by atoms with E-state index in [9.17, 15) is 4.79 Å². The summed E-state index contributed by atoms with van der Waals surface area (Å²) in [4.78, 5) is 12.2. The van der Waals surface area contributed by atoms with Crippen LogP contribution in [0.2, 0.25) is 5.02 Å². The quantitative estimate of drug-likeness (QED) is 0.420. The third kappa shape index (κ3) is 5.75. The van der Waals surface area contributed by atoms with Crippen molar-refractivity contribution < 1.29 is 19.0 Å². The van der Waals surface area contributed by atoms with Crippen molar-refractivity contribution in [2.24, 2.45) is 5.10 Å². The Labute approximate surface area is 180 Å². The number of hydrazone groups is 1. The average Bonchev–Trinajstić information content (AvgIpc) is 2.78. The van der Waals surface area contributed by atoms with Gasteiger partial charge in [0.25, 0.3) is 5.91 Å². The lowest BCUT2D eigenvalue weighted by Gasteiger charge is -2.11. The number of nitrogens with one attached hydrogen (secondary N) is 1. The third-order valence-corrected chi connectivity index (χ3v) is 4.42. The molecule has 30 heavy (non-hydrogen) atoms. The van der Waals surface area contributed by atoms with Gasteiger partial charge in [-0.05, 0) is 59.7 Å². The summed E-state index contributed by atoms with van der Waals surface area (Å²) in [5.74, 6) is 1.42. The van der Waals surface area contributed by atoms with Gasteiger partial charge in [-0.3, -0.25) is 4.79 Å². The summed E-state index contributed by atoms with van der Waals surface area (Å²) < 4.78 is 16.4. The molecule has 1 N–H and O–H groups in total. The molecule has 0 unspecified atom stereocenters. The van der Waals surface area contributed by atoms with Crippen molar-refractivity contribution in [2.75, 3.05) is 14.2 Å². The fourth-order valence-electron chi connectivity index (χ4n) is 2.67. The van der Waals surface area contributed by atoms with Gasteiger partial charge < -0.3 is 14.2 Å². The summed E-state index contributed by atoms with van der Waals surface area (Å²) >= 11 is 6.00. The van der Waals surface area contributed by atoms with Gasteiger partial charge in [0.2, 0.25) is 0 Å². The molecule has 3 rings (SSSR count). The highest BCUT2D eigenvalue weighted by Gasteiger charge is 2.07. The number of hydrogen-bond acceptors (Lipinski definition) is 5. The van der Waals surface area contributed by atoms with Crippen LogP contribution in [0.3, 0.4) is 0 Å². The molecule has 154 valence electrons. The SMILES string of the molecule is COc1cccc(C(=O)N/N=C/c2ccc(OCc3cccc(Cl)c3)c(OC)c2)c1. The summed E-state index contributed by atoms with van der Waals surface area (Å²) in [6.45, 7) is 0.362. The number of methoxy groups -OCH3 is 2. The Morgan fingerprint density at radius 2 is 1.83 bits per heavy atom. The second-order valence-electron chi connectivity index (χ2n) is 6.26. The van der Waals surface area contributed by atoms with Crippen LogP contribution >= 0.6 is 11.6 Å². The normalized spacial score (nSPS) is 10.6. The summed E-state index contributed by atoms with van der Waals surface area (Å²) in [6.07, 6.45) is 1.53. The predicted octanol–water partition coefficient (Wildman–Crippen LogP) is 4.70. The number of hydrogen-bond donors (Lipinski definition) is 1. The van der Waals surface area contributed by atoms with Crippen molar-refractivity contribution in [3.8, 4) is 17.2 Å². The first kappa shape index (κ1) is 21.2. The molecular weight excluding hydrogens is 404 g/mol. The van der Waals surface area contributed by atoms with Gasteiger partial charge in [0.1, 0.15) is 12.4 Å². The third-order valence-electron chi connectivity index (χ3n) is 4.18. The van der Waals surface area contributed by atoms with Gasteiger partial charge in [0.05, 0.1) is 20.4 Å². The van der Waals surface area contributed by atoms with Crippen LogP contribution < -0.4 is 19.6 Å². The van der Waals surface area contributed by atoms with E-state index in [1.807, 2.05) is 30.3 Å². The summed E-state index contributed by atoms with van der Waals surface area (Å²) in [5, 5.41) is 4.66. The molecule has 0 aromatic heterocycles. The monoisotopic (exact) mass is 424 g/mol. The molecule has 0 atom stereocenters. The van der Waals surface area contributed by atoms with Gasteiger partial charge in [0, 0.05) is 10.6 Å². The van der Waals surface area contributed by atoms with E-state index in [1.165, 1.54) is 6.21 Å². The van der Waals surface area contributed by atoms with E-state index in [0.717, 1.165) is 11.1 Å². The maximum absolute atomic E-state index is 12.2. The lowest BCUT2D eigenvalue weighted by Crippen LogP contribution is -2.17. The minimum atomic E-state index is -0.335. The maximum Gasteiger partial charge on any atom is 0.271 e. The minimum Gasteiger partial charge on any atom is -0.497 e. The highest BCUT2D eigenvalue weighted by Crippen LogP contribution is 2.28. The highest BCUT2D eigenvalue weighted by molar-refractivity contribution is 6.30. The molecule has 0 radical (unpaired) electrons. The molecule has 0 aliphatic carbocycles. The Morgan fingerprint density at radius 3 is 2.60 bits per heavy atom. The minimum absolute atomic E-state index is 0.335. The zero-order chi connectivity index (χ0) is 21.3. The van der Waals surface area contributed by atoms with Gasteiger partial charge in [-0.15, -0.1) is 0 Å². The van der Waals surface area contributed by atoms with E-state index in [-0.39, 0.29) is 5.91 Å². The standard InChI is InChI=1S/C23H21ClN2O4/c1-28-20-8-4-6-18(13-20)23(27)26-25-14-16-9-10-21(22(12-16)29-2)30-15-17-5-3-7-19(24)11-17/h3-14H,15H2,1-2H3,(H,26,27)/b25-14+. The molecule has 0 aliphatic heterocycles. The van der Waals surface area contributed by atoms with E-state index in [1.54, 1.807) is 50.6 Å². The van der Waals surface area contributed by atoms with Crippen LogP contribution in [0.1, 0.15) is 21.5 Å². The van der Waals surface area contributed by atoms with Crippen molar-refractivity contribution in [3.05, 3.63) is 88.4 Å². The number of benzene rings is 3. The molecule has 0 fully saturated rings. The van der Waals surface area contributed by atoms with Crippen LogP contribution in [-0.4, -0.2) is 26.3 Å². The summed E-state index contributed by atoms with van der Waals surface area (Å²) in [6, 6.07) is 19.7. The van der Waals surface area contributed by atoms with E-state index in [0.29, 0.717) is 34.4 Å². The highest BCUT2D eigenvalue weighted by atomic mass is 35.5. The van der Waals surface area contributed by atoms with Crippen LogP contribution in [0.5, 0.6) is 17.2 Å². The second-order valence-corrected chi connectivity index (χ2v) is 6.70. The number of carbonyl (C=O) groups is 1. The van der Waals surface area contributed by atoms with Crippen molar-refractivity contribution >= 4 is 23.7 Å². The number of carbonyl (C=O) groups excluding carboxylic acids is 1. The fraction of sp³-hybridized carbons (Fsp3) is 0.130. The zero-order valence-corrected chi connectivity index (χ0v) is 17.3. The van der Waals surface area contributed by atoms with Crippen molar-refractivity contribution in [1.29, 1.82) is 0 Å². The summed E-state index contributed by atoms with van der Waals surface area (Å²) in [5.41, 5.74) is 4.64. The van der Waals surface area contributed by atoms with Crippen molar-refractivity contribution in [1.82, 2.24) is 5.43 Å². The Hall–Kier alpha value is -3.51. The Bertz CT molecular complexity index is 1050. The van der Waals surface area contributed by atoms with Crippen LogP contribution in [-0.2, 0) is 6.61 Å².